The van der Waals surface area contributed by atoms with Crippen LogP contribution in [0.15, 0.2) is 54.6 Å². The molecule has 108 valence electrons. The maximum atomic E-state index is 8.59. The molecule has 0 aromatic heterocycles. The summed E-state index contributed by atoms with van der Waals surface area (Å²) in [4.78, 5) is 2.35. The van der Waals surface area contributed by atoms with E-state index in [1.807, 2.05) is 0 Å². The van der Waals surface area contributed by atoms with Gasteiger partial charge in [0, 0.05) is 19.5 Å². The Bertz CT molecular complexity index is 567. The summed E-state index contributed by atoms with van der Waals surface area (Å²) in [6, 6.07) is 21.4. The molecule has 0 unspecified atom stereocenters. The first-order valence-corrected chi connectivity index (χ1v) is 7.45. The summed E-state index contributed by atoms with van der Waals surface area (Å²) < 4.78 is 0. The first kappa shape index (κ1) is 15.3. The Morgan fingerprint density at radius 2 is 1.48 bits per heavy atom. The normalized spacial score (nSPS) is 10.5. The quantitative estimate of drug-likeness (QED) is 0.770. The Kier molecular flexibility index (Phi) is 5.99. The van der Waals surface area contributed by atoms with E-state index < -0.39 is 0 Å². The summed E-state index contributed by atoms with van der Waals surface area (Å²) in [6.45, 7) is 2.04. The molecular weight excluding hydrogens is 256 g/mol. The zero-order valence-corrected chi connectivity index (χ0v) is 12.6. The third-order valence-electron chi connectivity index (χ3n) is 3.63. The zero-order valence-electron chi connectivity index (χ0n) is 12.6. The average Bonchev–Trinajstić information content (AvgIpc) is 2.53. The lowest BCUT2D eigenvalue weighted by Crippen LogP contribution is -2.20. The zero-order chi connectivity index (χ0) is 14.9. The lowest BCUT2D eigenvalue weighted by molar-refractivity contribution is 0.331. The van der Waals surface area contributed by atoms with Gasteiger partial charge in [-0.05, 0) is 36.6 Å². The van der Waals surface area contributed by atoms with Gasteiger partial charge in [-0.3, -0.25) is 0 Å². The minimum absolute atomic E-state index is 0.596. The minimum atomic E-state index is 0.596. The highest BCUT2D eigenvalue weighted by Gasteiger charge is 2.01. The number of likely N-dealkylation sites (N-methyl/N-ethyl adjacent to an activating group) is 1. The van der Waals surface area contributed by atoms with Crippen molar-refractivity contribution in [3.63, 3.8) is 0 Å². The highest BCUT2D eigenvalue weighted by Crippen LogP contribution is 2.09. The van der Waals surface area contributed by atoms with Crippen LogP contribution in [0.3, 0.4) is 0 Å². The van der Waals surface area contributed by atoms with Crippen molar-refractivity contribution in [1.82, 2.24) is 4.90 Å². The van der Waals surface area contributed by atoms with Gasteiger partial charge in [-0.1, -0.05) is 54.6 Å². The third kappa shape index (κ3) is 5.41. The summed E-state index contributed by atoms with van der Waals surface area (Å²) in [5.74, 6) is 0. The number of hydrogen-bond donors (Lipinski definition) is 0. The van der Waals surface area contributed by atoms with Crippen LogP contribution in [0, 0.1) is 11.3 Å². The van der Waals surface area contributed by atoms with Crippen LogP contribution >= 0.6 is 0 Å². The van der Waals surface area contributed by atoms with E-state index in [-0.39, 0.29) is 0 Å². The predicted octanol–water partition coefficient (Wildman–Crippen LogP) is 3.82. The number of rotatable bonds is 7. The summed E-state index contributed by atoms with van der Waals surface area (Å²) in [7, 11) is 2.16. The standard InChI is InChI=1S/C19H22N2/c1-21(16-19-6-3-2-4-7-19)15-13-18-11-9-17(10-12-18)8-5-14-20/h2-4,6-7,9-12H,5,8,13,15-16H2,1H3. The molecular formula is C19H22N2. The van der Waals surface area contributed by atoms with Gasteiger partial charge in [0.1, 0.15) is 0 Å². The van der Waals surface area contributed by atoms with Gasteiger partial charge >= 0.3 is 0 Å². The van der Waals surface area contributed by atoms with Crippen molar-refractivity contribution >= 4 is 0 Å². The predicted molar refractivity (Wildman–Crippen MR) is 86.9 cm³/mol. The number of nitriles is 1. The van der Waals surface area contributed by atoms with Gasteiger partial charge in [0.05, 0.1) is 6.07 Å². The van der Waals surface area contributed by atoms with Crippen LogP contribution in [-0.2, 0) is 19.4 Å². The molecule has 0 spiro atoms. The Balaban J connectivity index is 1.78. The fraction of sp³-hybridized carbons (Fsp3) is 0.316. The van der Waals surface area contributed by atoms with E-state index in [0.29, 0.717) is 6.42 Å². The van der Waals surface area contributed by atoms with E-state index in [4.69, 9.17) is 5.26 Å². The van der Waals surface area contributed by atoms with Crippen LogP contribution in [0.25, 0.3) is 0 Å². The molecule has 0 saturated carbocycles. The molecule has 0 heterocycles. The average molecular weight is 278 g/mol. The molecule has 21 heavy (non-hydrogen) atoms. The van der Waals surface area contributed by atoms with Crippen LogP contribution in [0.4, 0.5) is 0 Å². The van der Waals surface area contributed by atoms with Gasteiger partial charge < -0.3 is 4.90 Å². The van der Waals surface area contributed by atoms with Crippen molar-refractivity contribution in [2.45, 2.75) is 25.8 Å². The number of aryl methyl sites for hydroxylation is 1. The lowest BCUT2D eigenvalue weighted by Gasteiger charge is -2.16. The van der Waals surface area contributed by atoms with Crippen LogP contribution in [-0.4, -0.2) is 18.5 Å². The Morgan fingerprint density at radius 3 is 2.10 bits per heavy atom. The fourth-order valence-corrected chi connectivity index (χ4v) is 2.37. The maximum Gasteiger partial charge on any atom is 0.0625 e. The molecule has 2 nitrogen and oxygen atoms in total. The van der Waals surface area contributed by atoms with Crippen molar-refractivity contribution in [2.24, 2.45) is 0 Å². The highest BCUT2D eigenvalue weighted by molar-refractivity contribution is 5.23. The van der Waals surface area contributed by atoms with Gasteiger partial charge in [0.2, 0.25) is 0 Å². The summed E-state index contributed by atoms with van der Waals surface area (Å²) in [5, 5.41) is 8.59. The first-order chi connectivity index (χ1) is 10.3. The summed E-state index contributed by atoms with van der Waals surface area (Å²) >= 11 is 0. The van der Waals surface area contributed by atoms with Gasteiger partial charge in [-0.15, -0.1) is 0 Å². The van der Waals surface area contributed by atoms with Crippen LogP contribution in [0.1, 0.15) is 23.1 Å². The van der Waals surface area contributed by atoms with E-state index in [2.05, 4.69) is 72.6 Å². The first-order valence-electron chi connectivity index (χ1n) is 7.45. The molecule has 0 saturated heterocycles. The van der Waals surface area contributed by atoms with Gasteiger partial charge in [0.25, 0.3) is 0 Å². The van der Waals surface area contributed by atoms with Crippen molar-refractivity contribution in [2.75, 3.05) is 13.6 Å². The van der Waals surface area contributed by atoms with E-state index in [0.717, 1.165) is 25.9 Å². The third-order valence-corrected chi connectivity index (χ3v) is 3.63. The molecule has 0 radical (unpaired) electrons. The molecule has 0 N–H and O–H groups in total. The SMILES string of the molecule is CN(CCc1ccc(CCC#N)cc1)Cc1ccccc1. The molecule has 0 aliphatic rings. The molecule has 0 fully saturated rings. The Labute approximate surface area is 127 Å². The number of hydrogen-bond acceptors (Lipinski definition) is 2. The fourth-order valence-electron chi connectivity index (χ4n) is 2.37. The minimum Gasteiger partial charge on any atom is -0.302 e. The van der Waals surface area contributed by atoms with E-state index in [9.17, 15) is 0 Å². The van der Waals surface area contributed by atoms with Crippen molar-refractivity contribution < 1.29 is 0 Å². The van der Waals surface area contributed by atoms with Crippen molar-refractivity contribution in [3.8, 4) is 6.07 Å². The monoisotopic (exact) mass is 278 g/mol. The lowest BCUT2D eigenvalue weighted by atomic mass is 10.1. The number of benzene rings is 2. The second kappa shape index (κ2) is 8.24. The Morgan fingerprint density at radius 1 is 0.857 bits per heavy atom. The topological polar surface area (TPSA) is 27.0 Å². The van der Waals surface area contributed by atoms with E-state index in [1.54, 1.807) is 0 Å². The Hall–Kier alpha value is -2.11. The van der Waals surface area contributed by atoms with Crippen LogP contribution < -0.4 is 0 Å². The second-order valence-electron chi connectivity index (χ2n) is 5.45. The molecule has 2 aromatic carbocycles. The molecule has 0 aliphatic heterocycles. The largest absolute Gasteiger partial charge is 0.302 e. The summed E-state index contributed by atoms with van der Waals surface area (Å²) in [6.07, 6.45) is 2.51. The molecule has 0 aliphatic carbocycles. The highest BCUT2D eigenvalue weighted by atomic mass is 15.1. The maximum absolute atomic E-state index is 8.59. The molecule has 2 aromatic rings. The van der Waals surface area contributed by atoms with Crippen LogP contribution in [0.5, 0.6) is 0 Å². The van der Waals surface area contributed by atoms with E-state index in [1.165, 1.54) is 16.7 Å². The van der Waals surface area contributed by atoms with Gasteiger partial charge in [-0.2, -0.15) is 5.26 Å². The number of nitrogens with zero attached hydrogens (tertiary/aromatic N) is 2. The van der Waals surface area contributed by atoms with Crippen molar-refractivity contribution in [3.05, 3.63) is 71.3 Å². The van der Waals surface area contributed by atoms with Gasteiger partial charge in [0.15, 0.2) is 0 Å². The molecule has 2 heteroatoms. The smallest absolute Gasteiger partial charge is 0.0625 e. The molecule has 2 rings (SSSR count). The molecule has 0 atom stereocenters. The summed E-state index contributed by atoms with van der Waals surface area (Å²) in [5.41, 5.74) is 3.96. The van der Waals surface area contributed by atoms with Gasteiger partial charge in [-0.25, -0.2) is 0 Å². The van der Waals surface area contributed by atoms with E-state index >= 15 is 0 Å². The van der Waals surface area contributed by atoms with Crippen LogP contribution in [0.2, 0.25) is 0 Å². The van der Waals surface area contributed by atoms with Crippen molar-refractivity contribution in [1.29, 1.82) is 5.26 Å². The molecule has 0 bridgehead atoms. The second-order valence-corrected chi connectivity index (χ2v) is 5.45. The molecule has 0 amide bonds.